The molecule has 1 unspecified atom stereocenters. The highest BCUT2D eigenvalue weighted by molar-refractivity contribution is 5.75. The Hall–Kier alpha value is -0.590. The molecule has 0 heterocycles. The van der Waals surface area contributed by atoms with Crippen molar-refractivity contribution >= 4 is 5.78 Å². The summed E-state index contributed by atoms with van der Waals surface area (Å²) in [5.74, 6) is 1.99. The third-order valence-corrected chi connectivity index (χ3v) is 3.71. The molecule has 0 N–H and O–H groups in total. The molecule has 86 valence electrons. The lowest BCUT2D eigenvalue weighted by Crippen LogP contribution is -2.15. The number of hydrogen-bond acceptors (Lipinski definition) is 1. The molecule has 15 heavy (non-hydrogen) atoms. The number of carbonyl (C=O) groups is 1. The SMILES string of the molecule is CC(=O)CCC1=C(C)CC(C(C)C)CC1. The summed E-state index contributed by atoms with van der Waals surface area (Å²) < 4.78 is 0. The van der Waals surface area contributed by atoms with Gasteiger partial charge < -0.3 is 4.79 Å². The first-order valence-corrected chi connectivity index (χ1v) is 6.17. The lowest BCUT2D eigenvalue weighted by atomic mass is 9.77. The van der Waals surface area contributed by atoms with Gasteiger partial charge in [0.05, 0.1) is 0 Å². The van der Waals surface area contributed by atoms with E-state index in [0.29, 0.717) is 5.78 Å². The minimum atomic E-state index is 0.321. The molecular formula is C14H24O. The molecule has 1 nitrogen and oxygen atoms in total. The van der Waals surface area contributed by atoms with Crippen LogP contribution in [0.4, 0.5) is 0 Å². The average Bonchev–Trinajstić information content (AvgIpc) is 2.15. The highest BCUT2D eigenvalue weighted by atomic mass is 16.1. The maximum atomic E-state index is 10.9. The molecule has 0 saturated heterocycles. The number of rotatable bonds is 4. The Balaban J connectivity index is 2.52. The lowest BCUT2D eigenvalue weighted by Gasteiger charge is -2.28. The van der Waals surface area contributed by atoms with Crippen LogP contribution in [0.15, 0.2) is 11.1 Å². The van der Waals surface area contributed by atoms with E-state index in [1.807, 2.05) is 0 Å². The molecule has 0 bridgehead atoms. The van der Waals surface area contributed by atoms with Crippen LogP contribution in [0.5, 0.6) is 0 Å². The first-order chi connectivity index (χ1) is 7.00. The van der Waals surface area contributed by atoms with Gasteiger partial charge in [-0.25, -0.2) is 0 Å². The van der Waals surface area contributed by atoms with Crippen LogP contribution < -0.4 is 0 Å². The van der Waals surface area contributed by atoms with E-state index in [9.17, 15) is 4.79 Å². The van der Waals surface area contributed by atoms with Crippen LogP contribution in [0.1, 0.15) is 59.8 Å². The zero-order valence-electron chi connectivity index (χ0n) is 10.6. The molecule has 1 atom stereocenters. The Kier molecular flexibility index (Phi) is 4.56. The minimum absolute atomic E-state index is 0.321. The van der Waals surface area contributed by atoms with Crippen molar-refractivity contribution in [3.05, 3.63) is 11.1 Å². The number of ketones is 1. The fourth-order valence-electron chi connectivity index (χ4n) is 2.45. The largest absolute Gasteiger partial charge is 0.300 e. The lowest BCUT2D eigenvalue weighted by molar-refractivity contribution is -0.116. The standard InChI is InChI=1S/C14H24O/c1-10(2)14-8-7-13(11(3)9-14)6-5-12(4)15/h10,14H,5-9H2,1-4H3. The number of allylic oxidation sites excluding steroid dienone is 2. The molecule has 0 aromatic carbocycles. The second-order valence-electron chi connectivity index (χ2n) is 5.33. The number of hydrogen-bond donors (Lipinski definition) is 0. The normalized spacial score (nSPS) is 22.3. The van der Waals surface area contributed by atoms with Gasteiger partial charge in [0, 0.05) is 6.42 Å². The van der Waals surface area contributed by atoms with E-state index in [-0.39, 0.29) is 0 Å². The van der Waals surface area contributed by atoms with Crippen molar-refractivity contribution < 1.29 is 4.79 Å². The first kappa shape index (κ1) is 12.5. The molecular weight excluding hydrogens is 184 g/mol. The predicted octanol–water partition coefficient (Wildman–Crippen LogP) is 4.13. The van der Waals surface area contributed by atoms with Crippen molar-refractivity contribution in [3.63, 3.8) is 0 Å². The van der Waals surface area contributed by atoms with Crippen molar-refractivity contribution in [2.45, 2.75) is 59.8 Å². The third kappa shape index (κ3) is 3.81. The Labute approximate surface area is 93.9 Å². The minimum Gasteiger partial charge on any atom is -0.300 e. The first-order valence-electron chi connectivity index (χ1n) is 6.17. The van der Waals surface area contributed by atoms with E-state index in [1.54, 1.807) is 18.1 Å². The van der Waals surface area contributed by atoms with Crippen molar-refractivity contribution in [2.24, 2.45) is 11.8 Å². The van der Waals surface area contributed by atoms with E-state index in [0.717, 1.165) is 24.7 Å². The van der Waals surface area contributed by atoms with E-state index < -0.39 is 0 Å². The second-order valence-corrected chi connectivity index (χ2v) is 5.33. The van der Waals surface area contributed by atoms with E-state index in [1.165, 1.54) is 19.3 Å². The summed E-state index contributed by atoms with van der Waals surface area (Å²) in [4.78, 5) is 10.9. The van der Waals surface area contributed by atoms with Gasteiger partial charge in [0.2, 0.25) is 0 Å². The molecule has 1 rings (SSSR count). The Morgan fingerprint density at radius 3 is 2.60 bits per heavy atom. The molecule has 1 aliphatic rings. The van der Waals surface area contributed by atoms with Crippen LogP contribution in [0.2, 0.25) is 0 Å². The fraction of sp³-hybridized carbons (Fsp3) is 0.786. The van der Waals surface area contributed by atoms with Gasteiger partial charge in [-0.05, 0) is 51.4 Å². The topological polar surface area (TPSA) is 17.1 Å². The van der Waals surface area contributed by atoms with Crippen molar-refractivity contribution in [1.82, 2.24) is 0 Å². The molecule has 0 amide bonds. The molecule has 1 heteroatoms. The van der Waals surface area contributed by atoms with Crippen molar-refractivity contribution in [3.8, 4) is 0 Å². The Bertz CT molecular complexity index is 261. The van der Waals surface area contributed by atoms with Gasteiger partial charge in [0.15, 0.2) is 0 Å². The zero-order valence-corrected chi connectivity index (χ0v) is 10.6. The maximum absolute atomic E-state index is 10.9. The molecule has 0 spiro atoms. The average molecular weight is 208 g/mol. The van der Waals surface area contributed by atoms with Gasteiger partial charge in [-0.15, -0.1) is 0 Å². The Morgan fingerprint density at radius 2 is 2.13 bits per heavy atom. The molecule has 0 aromatic rings. The van der Waals surface area contributed by atoms with Crippen LogP contribution in [0, 0.1) is 11.8 Å². The molecule has 0 radical (unpaired) electrons. The molecule has 0 saturated carbocycles. The van der Waals surface area contributed by atoms with E-state index in [2.05, 4.69) is 20.8 Å². The highest BCUT2D eigenvalue weighted by Crippen LogP contribution is 2.35. The third-order valence-electron chi connectivity index (χ3n) is 3.71. The summed E-state index contributed by atoms with van der Waals surface area (Å²) in [6.45, 7) is 8.58. The quantitative estimate of drug-likeness (QED) is 0.635. The number of carbonyl (C=O) groups excluding carboxylic acids is 1. The number of Topliss-reactive ketones (excluding diaryl/α,β-unsaturated/α-hetero) is 1. The molecule has 1 aliphatic carbocycles. The van der Waals surface area contributed by atoms with Gasteiger partial charge in [0.25, 0.3) is 0 Å². The molecule has 0 aromatic heterocycles. The van der Waals surface area contributed by atoms with Crippen molar-refractivity contribution in [2.75, 3.05) is 0 Å². The van der Waals surface area contributed by atoms with Gasteiger partial charge in [-0.2, -0.15) is 0 Å². The monoisotopic (exact) mass is 208 g/mol. The van der Waals surface area contributed by atoms with E-state index >= 15 is 0 Å². The maximum Gasteiger partial charge on any atom is 0.130 e. The smallest absolute Gasteiger partial charge is 0.130 e. The zero-order chi connectivity index (χ0) is 11.4. The summed E-state index contributed by atoms with van der Waals surface area (Å²) in [5, 5.41) is 0. The van der Waals surface area contributed by atoms with Crippen LogP contribution in [0.25, 0.3) is 0 Å². The summed E-state index contributed by atoms with van der Waals surface area (Å²) in [7, 11) is 0. The fourth-order valence-corrected chi connectivity index (χ4v) is 2.45. The van der Waals surface area contributed by atoms with Crippen LogP contribution in [-0.2, 0) is 4.79 Å². The van der Waals surface area contributed by atoms with Crippen LogP contribution in [0.3, 0.4) is 0 Å². The summed E-state index contributed by atoms with van der Waals surface area (Å²) in [5.41, 5.74) is 3.11. The van der Waals surface area contributed by atoms with E-state index in [4.69, 9.17) is 0 Å². The molecule has 0 aliphatic heterocycles. The van der Waals surface area contributed by atoms with Gasteiger partial charge in [-0.3, -0.25) is 0 Å². The predicted molar refractivity (Wildman–Crippen MR) is 64.8 cm³/mol. The van der Waals surface area contributed by atoms with Gasteiger partial charge in [-0.1, -0.05) is 25.0 Å². The Morgan fingerprint density at radius 1 is 1.47 bits per heavy atom. The summed E-state index contributed by atoms with van der Waals surface area (Å²) >= 11 is 0. The van der Waals surface area contributed by atoms with Gasteiger partial charge in [0.1, 0.15) is 5.78 Å². The van der Waals surface area contributed by atoms with Gasteiger partial charge >= 0.3 is 0 Å². The van der Waals surface area contributed by atoms with Crippen LogP contribution >= 0.6 is 0 Å². The molecule has 0 fully saturated rings. The van der Waals surface area contributed by atoms with Crippen molar-refractivity contribution in [1.29, 1.82) is 0 Å². The highest BCUT2D eigenvalue weighted by Gasteiger charge is 2.20. The summed E-state index contributed by atoms with van der Waals surface area (Å²) in [6, 6.07) is 0. The summed E-state index contributed by atoms with van der Waals surface area (Å²) in [6.07, 6.45) is 5.54. The second kappa shape index (κ2) is 5.48. The van der Waals surface area contributed by atoms with Crippen LogP contribution in [-0.4, -0.2) is 5.78 Å².